The molecule has 0 aliphatic rings. The normalized spacial score (nSPS) is 10.2. The van der Waals surface area contributed by atoms with Gasteiger partial charge in [-0.25, -0.2) is 0 Å². The van der Waals surface area contributed by atoms with Crippen LogP contribution in [0.25, 0.3) is 0 Å². The van der Waals surface area contributed by atoms with E-state index < -0.39 is 0 Å². The summed E-state index contributed by atoms with van der Waals surface area (Å²) >= 11 is 0. The maximum atomic E-state index is 12.0. The zero-order valence-electron chi connectivity index (χ0n) is 13.3. The second-order valence-electron chi connectivity index (χ2n) is 5.05. The zero-order valence-corrected chi connectivity index (χ0v) is 13.3. The number of ether oxygens (including phenoxy) is 2. The predicted molar refractivity (Wildman–Crippen MR) is 85.6 cm³/mol. The Morgan fingerprint density at radius 1 is 1.14 bits per heavy atom. The van der Waals surface area contributed by atoms with Gasteiger partial charge in [-0.05, 0) is 56.7 Å². The fourth-order valence-electron chi connectivity index (χ4n) is 2.21. The fourth-order valence-corrected chi connectivity index (χ4v) is 2.21. The van der Waals surface area contributed by atoms with E-state index in [9.17, 15) is 4.79 Å². The number of methoxy groups -OCH3 is 1. The molecular weight excluding hydrogens is 280 g/mol. The van der Waals surface area contributed by atoms with Crippen LogP contribution in [0.5, 0.6) is 11.5 Å². The van der Waals surface area contributed by atoms with Crippen LogP contribution in [0.3, 0.4) is 0 Å². The van der Waals surface area contributed by atoms with E-state index in [1.165, 1.54) is 0 Å². The van der Waals surface area contributed by atoms with Crippen LogP contribution in [-0.2, 0) is 4.79 Å². The Hall–Kier alpha value is -2.56. The van der Waals surface area contributed by atoms with Crippen LogP contribution >= 0.6 is 0 Å². The quantitative estimate of drug-likeness (QED) is 0.922. The van der Waals surface area contributed by atoms with E-state index in [-0.39, 0.29) is 12.5 Å². The molecule has 0 bridgehead atoms. The van der Waals surface area contributed by atoms with Gasteiger partial charge in [0, 0.05) is 5.69 Å². The van der Waals surface area contributed by atoms with Crippen molar-refractivity contribution < 1.29 is 14.3 Å². The Labute approximate surface area is 130 Å². The Bertz CT molecular complexity index is 643. The molecule has 0 unspecified atom stereocenters. The van der Waals surface area contributed by atoms with E-state index in [1.807, 2.05) is 26.8 Å². The maximum Gasteiger partial charge on any atom is 0.262 e. The smallest absolute Gasteiger partial charge is 0.262 e. The molecule has 1 aromatic carbocycles. The average molecular weight is 300 g/mol. The maximum absolute atomic E-state index is 12.0. The minimum atomic E-state index is -0.215. The zero-order chi connectivity index (χ0) is 16.1. The van der Waals surface area contributed by atoms with Crippen LogP contribution in [-0.4, -0.2) is 24.6 Å². The van der Waals surface area contributed by atoms with E-state index in [2.05, 4.69) is 10.3 Å². The first-order valence-corrected chi connectivity index (χ1v) is 7.01. The number of aromatic nitrogens is 1. The molecule has 0 spiro atoms. The molecule has 1 N–H and O–H groups in total. The summed E-state index contributed by atoms with van der Waals surface area (Å²) in [6.07, 6.45) is 0. The topological polar surface area (TPSA) is 60.5 Å². The lowest BCUT2D eigenvalue weighted by Gasteiger charge is -2.12. The second-order valence-corrected chi connectivity index (χ2v) is 5.05. The van der Waals surface area contributed by atoms with Crippen molar-refractivity contribution in [2.75, 3.05) is 19.0 Å². The molecule has 0 aliphatic heterocycles. The van der Waals surface area contributed by atoms with Gasteiger partial charge in [-0.15, -0.1) is 0 Å². The van der Waals surface area contributed by atoms with Gasteiger partial charge < -0.3 is 14.8 Å². The van der Waals surface area contributed by atoms with Crippen LogP contribution in [0.1, 0.15) is 17.0 Å². The monoisotopic (exact) mass is 300 g/mol. The molecule has 5 heteroatoms. The van der Waals surface area contributed by atoms with Gasteiger partial charge in [-0.3, -0.25) is 9.78 Å². The fraction of sp³-hybridized carbons (Fsp3) is 0.294. The number of amides is 1. The molecule has 1 heterocycles. The van der Waals surface area contributed by atoms with Crippen molar-refractivity contribution in [3.63, 3.8) is 0 Å². The van der Waals surface area contributed by atoms with Crippen LogP contribution in [0.15, 0.2) is 30.3 Å². The third-order valence-corrected chi connectivity index (χ3v) is 3.22. The lowest BCUT2D eigenvalue weighted by molar-refractivity contribution is -0.118. The SMILES string of the molecule is COc1ccc(OCC(=O)Nc2c(C)cc(C)nc2C)cc1. The third-order valence-electron chi connectivity index (χ3n) is 3.22. The second kappa shape index (κ2) is 6.93. The number of carbonyl (C=O) groups excluding carboxylic acids is 1. The first kappa shape index (κ1) is 15.8. The minimum Gasteiger partial charge on any atom is -0.497 e. The highest BCUT2D eigenvalue weighted by atomic mass is 16.5. The third kappa shape index (κ3) is 3.97. The Morgan fingerprint density at radius 3 is 2.36 bits per heavy atom. The van der Waals surface area contributed by atoms with Gasteiger partial charge >= 0.3 is 0 Å². The van der Waals surface area contributed by atoms with Gasteiger partial charge in [0.25, 0.3) is 5.91 Å². The van der Waals surface area contributed by atoms with Crippen molar-refractivity contribution >= 4 is 11.6 Å². The van der Waals surface area contributed by atoms with Gasteiger partial charge in [-0.2, -0.15) is 0 Å². The van der Waals surface area contributed by atoms with Crippen LogP contribution in [0.4, 0.5) is 5.69 Å². The number of carbonyl (C=O) groups is 1. The predicted octanol–water partition coefficient (Wildman–Crippen LogP) is 3.03. The van der Waals surface area contributed by atoms with Gasteiger partial charge in [-0.1, -0.05) is 0 Å². The molecule has 0 fully saturated rings. The van der Waals surface area contributed by atoms with Crippen LogP contribution in [0.2, 0.25) is 0 Å². The average Bonchev–Trinajstić information content (AvgIpc) is 2.49. The van der Waals surface area contributed by atoms with Gasteiger partial charge in [0.1, 0.15) is 11.5 Å². The number of pyridine rings is 1. The summed E-state index contributed by atoms with van der Waals surface area (Å²) in [4.78, 5) is 16.4. The highest BCUT2D eigenvalue weighted by Crippen LogP contribution is 2.20. The number of aryl methyl sites for hydroxylation is 3. The number of nitrogens with zero attached hydrogens (tertiary/aromatic N) is 1. The van der Waals surface area contributed by atoms with Crippen molar-refractivity contribution in [2.24, 2.45) is 0 Å². The molecule has 2 rings (SSSR count). The summed E-state index contributed by atoms with van der Waals surface area (Å²) in [7, 11) is 1.60. The number of nitrogens with one attached hydrogen (secondary N) is 1. The molecule has 1 aromatic heterocycles. The molecule has 0 atom stereocenters. The summed E-state index contributed by atoms with van der Waals surface area (Å²) in [5.41, 5.74) is 3.47. The Kier molecular flexibility index (Phi) is 4.99. The molecule has 2 aromatic rings. The molecule has 0 saturated carbocycles. The van der Waals surface area contributed by atoms with Gasteiger partial charge in [0.05, 0.1) is 18.5 Å². The van der Waals surface area contributed by atoms with Crippen LogP contribution < -0.4 is 14.8 Å². The van der Waals surface area contributed by atoms with Crippen molar-refractivity contribution in [2.45, 2.75) is 20.8 Å². The summed E-state index contributed by atoms with van der Waals surface area (Å²) in [6, 6.07) is 9.02. The summed E-state index contributed by atoms with van der Waals surface area (Å²) < 4.78 is 10.5. The highest BCUT2D eigenvalue weighted by Gasteiger charge is 2.10. The Balaban J connectivity index is 1.95. The van der Waals surface area contributed by atoms with Crippen molar-refractivity contribution in [1.82, 2.24) is 4.98 Å². The molecule has 0 saturated heterocycles. The number of benzene rings is 1. The van der Waals surface area contributed by atoms with E-state index in [4.69, 9.17) is 9.47 Å². The standard InChI is InChI=1S/C17H20N2O3/c1-11-9-12(2)18-13(3)17(11)19-16(20)10-22-15-7-5-14(21-4)6-8-15/h5-9H,10H2,1-4H3,(H,19,20). The highest BCUT2D eigenvalue weighted by molar-refractivity contribution is 5.93. The number of hydrogen-bond donors (Lipinski definition) is 1. The van der Waals surface area contributed by atoms with Gasteiger partial charge in [0.2, 0.25) is 0 Å². The molecule has 22 heavy (non-hydrogen) atoms. The summed E-state index contributed by atoms with van der Waals surface area (Å²) in [5, 5.41) is 2.85. The van der Waals surface area contributed by atoms with Crippen LogP contribution in [0, 0.1) is 20.8 Å². The molecule has 0 aliphatic carbocycles. The van der Waals surface area contributed by atoms with Gasteiger partial charge in [0.15, 0.2) is 6.61 Å². The van der Waals surface area contributed by atoms with Crippen molar-refractivity contribution in [3.8, 4) is 11.5 Å². The van der Waals surface area contributed by atoms with E-state index in [0.717, 1.165) is 28.4 Å². The molecule has 116 valence electrons. The lowest BCUT2D eigenvalue weighted by Crippen LogP contribution is -2.21. The van der Waals surface area contributed by atoms with E-state index in [1.54, 1.807) is 31.4 Å². The molecule has 1 amide bonds. The summed E-state index contributed by atoms with van der Waals surface area (Å²) in [5.74, 6) is 1.15. The number of rotatable bonds is 5. The summed E-state index contributed by atoms with van der Waals surface area (Å²) in [6.45, 7) is 5.69. The largest absolute Gasteiger partial charge is 0.497 e. The van der Waals surface area contributed by atoms with Crippen molar-refractivity contribution in [1.29, 1.82) is 0 Å². The number of anilines is 1. The first-order valence-electron chi connectivity index (χ1n) is 7.01. The lowest BCUT2D eigenvalue weighted by atomic mass is 10.1. The molecule has 5 nitrogen and oxygen atoms in total. The number of hydrogen-bond acceptors (Lipinski definition) is 4. The molecule has 0 radical (unpaired) electrons. The minimum absolute atomic E-state index is 0.0565. The first-order chi connectivity index (χ1) is 10.5. The van der Waals surface area contributed by atoms with Crippen molar-refractivity contribution in [3.05, 3.63) is 47.3 Å². The Morgan fingerprint density at radius 2 is 1.77 bits per heavy atom. The van der Waals surface area contributed by atoms with E-state index >= 15 is 0 Å². The van der Waals surface area contributed by atoms with E-state index in [0.29, 0.717) is 5.75 Å². The molecular formula is C17H20N2O3.